The van der Waals surface area contributed by atoms with Crippen LogP contribution >= 0.6 is 0 Å². The van der Waals surface area contributed by atoms with Gasteiger partial charge in [0.25, 0.3) is 5.89 Å². The fourth-order valence-corrected chi connectivity index (χ4v) is 3.60. The molecule has 1 aliphatic heterocycles. The largest absolute Gasteiger partial charge is 0.479 e. The number of aromatic nitrogens is 5. The van der Waals surface area contributed by atoms with Gasteiger partial charge in [-0.15, -0.1) is 10.2 Å². The van der Waals surface area contributed by atoms with Crippen molar-refractivity contribution in [3.63, 3.8) is 0 Å². The standard InChI is InChI=1S/C23H21N7O4/c1-23(2)19(32)14-9-24-18(8-17(14)34-23)28-22-25-10-15(21-30-26-12-33-21)20(29-22)27-16(11-31)13-6-4-3-5-7-13/h3-10,12,16,31H,11H2,1-2H3,(H2,24,25,27,28,29)/t16-/m1/s1. The van der Waals surface area contributed by atoms with Crippen LogP contribution in [0.5, 0.6) is 5.75 Å². The molecular formula is C23H21N7O4. The third-order valence-corrected chi connectivity index (χ3v) is 5.34. The van der Waals surface area contributed by atoms with Crippen molar-refractivity contribution in [2.24, 2.45) is 0 Å². The molecule has 3 aromatic heterocycles. The quantitative estimate of drug-likeness (QED) is 0.374. The van der Waals surface area contributed by atoms with Gasteiger partial charge >= 0.3 is 0 Å². The second kappa shape index (κ2) is 8.52. The van der Waals surface area contributed by atoms with E-state index in [4.69, 9.17) is 9.15 Å². The molecule has 11 nitrogen and oxygen atoms in total. The van der Waals surface area contributed by atoms with Gasteiger partial charge in [0.1, 0.15) is 17.4 Å². The average molecular weight is 459 g/mol. The molecule has 0 amide bonds. The van der Waals surface area contributed by atoms with Gasteiger partial charge in [-0.2, -0.15) is 4.98 Å². The van der Waals surface area contributed by atoms with Crippen molar-refractivity contribution in [2.75, 3.05) is 17.2 Å². The number of hydrogen-bond acceptors (Lipinski definition) is 11. The monoisotopic (exact) mass is 459 g/mol. The number of benzene rings is 1. The van der Waals surface area contributed by atoms with Crippen molar-refractivity contribution in [1.82, 2.24) is 25.1 Å². The van der Waals surface area contributed by atoms with Crippen molar-refractivity contribution in [2.45, 2.75) is 25.5 Å². The maximum Gasteiger partial charge on any atom is 0.252 e. The zero-order valence-electron chi connectivity index (χ0n) is 18.4. The molecule has 5 rings (SSSR count). The lowest BCUT2D eigenvalue weighted by Crippen LogP contribution is -2.31. The smallest absolute Gasteiger partial charge is 0.252 e. The number of rotatable bonds is 7. The molecule has 11 heteroatoms. The molecular weight excluding hydrogens is 438 g/mol. The minimum atomic E-state index is -0.932. The number of aliphatic hydroxyl groups excluding tert-OH is 1. The number of pyridine rings is 1. The van der Waals surface area contributed by atoms with Crippen LogP contribution in [0.2, 0.25) is 0 Å². The molecule has 4 heterocycles. The Morgan fingerprint density at radius 1 is 1.12 bits per heavy atom. The summed E-state index contributed by atoms with van der Waals surface area (Å²) in [7, 11) is 0. The molecule has 4 aromatic rings. The number of aliphatic hydroxyl groups is 1. The molecule has 0 fully saturated rings. The predicted molar refractivity (Wildman–Crippen MR) is 122 cm³/mol. The highest BCUT2D eigenvalue weighted by molar-refractivity contribution is 6.06. The second-order valence-corrected chi connectivity index (χ2v) is 8.12. The summed E-state index contributed by atoms with van der Waals surface area (Å²) >= 11 is 0. The number of Topliss-reactive ketones (excluding diaryl/α,β-unsaturated/α-hetero) is 1. The lowest BCUT2D eigenvalue weighted by atomic mass is 10.0. The molecule has 0 bridgehead atoms. The van der Waals surface area contributed by atoms with Gasteiger partial charge in [-0.05, 0) is 19.4 Å². The number of carbonyl (C=O) groups excluding carboxylic acids is 1. The first-order valence-electron chi connectivity index (χ1n) is 10.5. The van der Waals surface area contributed by atoms with Gasteiger partial charge in [0.15, 0.2) is 5.60 Å². The van der Waals surface area contributed by atoms with E-state index >= 15 is 0 Å². The summed E-state index contributed by atoms with van der Waals surface area (Å²) in [6, 6.07) is 10.7. The molecule has 0 saturated heterocycles. The maximum absolute atomic E-state index is 12.4. The van der Waals surface area contributed by atoms with Crippen molar-refractivity contribution in [1.29, 1.82) is 0 Å². The van der Waals surface area contributed by atoms with Crippen molar-refractivity contribution in [3.05, 3.63) is 66.3 Å². The number of carbonyl (C=O) groups is 1. The molecule has 34 heavy (non-hydrogen) atoms. The fraction of sp³-hybridized carbons (Fsp3) is 0.217. The van der Waals surface area contributed by atoms with E-state index in [0.717, 1.165) is 5.56 Å². The summed E-state index contributed by atoms with van der Waals surface area (Å²) in [5.74, 6) is 1.55. The molecule has 0 unspecified atom stereocenters. The Balaban J connectivity index is 1.46. The summed E-state index contributed by atoms with van der Waals surface area (Å²) in [4.78, 5) is 25.6. The van der Waals surface area contributed by atoms with Gasteiger partial charge in [0.2, 0.25) is 18.1 Å². The van der Waals surface area contributed by atoms with Crippen LogP contribution in [0.1, 0.15) is 35.8 Å². The van der Waals surface area contributed by atoms with Crippen molar-refractivity contribution >= 4 is 23.4 Å². The van der Waals surface area contributed by atoms with Gasteiger partial charge < -0.3 is 24.9 Å². The third-order valence-electron chi connectivity index (χ3n) is 5.34. The molecule has 3 N–H and O–H groups in total. The van der Waals surface area contributed by atoms with Crippen molar-refractivity contribution in [3.8, 4) is 17.2 Å². The molecule has 1 atom stereocenters. The highest BCUT2D eigenvalue weighted by Crippen LogP contribution is 2.36. The molecule has 1 aliphatic rings. The van der Waals surface area contributed by atoms with Crippen molar-refractivity contribution < 1.29 is 19.1 Å². The first kappa shape index (κ1) is 21.5. The van der Waals surface area contributed by atoms with Crippen LogP contribution in [0.3, 0.4) is 0 Å². The predicted octanol–water partition coefficient (Wildman–Crippen LogP) is 3.16. The first-order valence-corrected chi connectivity index (χ1v) is 10.5. The summed E-state index contributed by atoms with van der Waals surface area (Å²) in [5, 5.41) is 23.9. The molecule has 1 aromatic carbocycles. The number of nitrogens with zero attached hydrogens (tertiary/aromatic N) is 5. The summed E-state index contributed by atoms with van der Waals surface area (Å²) in [6.45, 7) is 3.25. The highest BCUT2D eigenvalue weighted by atomic mass is 16.5. The minimum absolute atomic E-state index is 0.121. The zero-order chi connectivity index (χ0) is 23.7. The summed E-state index contributed by atoms with van der Waals surface area (Å²) in [5.41, 5.74) is 0.840. The minimum Gasteiger partial charge on any atom is -0.479 e. The van der Waals surface area contributed by atoms with Crippen LogP contribution in [-0.4, -0.2) is 48.2 Å². The van der Waals surface area contributed by atoms with Crippen LogP contribution < -0.4 is 15.4 Å². The Morgan fingerprint density at radius 3 is 2.65 bits per heavy atom. The Bertz CT molecular complexity index is 1330. The third kappa shape index (κ3) is 4.04. The molecule has 172 valence electrons. The van der Waals surface area contributed by atoms with E-state index < -0.39 is 11.6 Å². The Labute approximate surface area is 194 Å². The van der Waals surface area contributed by atoms with Crippen LogP contribution in [0.15, 0.2) is 59.6 Å². The number of anilines is 3. The lowest BCUT2D eigenvalue weighted by Gasteiger charge is -2.19. The van der Waals surface area contributed by atoms with E-state index in [9.17, 15) is 9.90 Å². The van der Waals surface area contributed by atoms with E-state index in [1.54, 1.807) is 19.9 Å². The molecule has 0 saturated carbocycles. The highest BCUT2D eigenvalue weighted by Gasteiger charge is 2.40. The van der Waals surface area contributed by atoms with E-state index in [0.29, 0.717) is 28.5 Å². The Kier molecular flexibility index (Phi) is 5.38. The van der Waals surface area contributed by atoms with E-state index in [1.165, 1.54) is 18.8 Å². The molecule has 0 aliphatic carbocycles. The molecule has 0 radical (unpaired) electrons. The van der Waals surface area contributed by atoms with Gasteiger partial charge in [0.05, 0.1) is 23.8 Å². The van der Waals surface area contributed by atoms with Crippen LogP contribution in [0, 0.1) is 0 Å². The fourth-order valence-electron chi connectivity index (χ4n) is 3.60. The van der Waals surface area contributed by atoms with E-state index in [-0.39, 0.29) is 24.2 Å². The summed E-state index contributed by atoms with van der Waals surface area (Å²) < 4.78 is 11.1. The van der Waals surface area contributed by atoms with Crippen LogP contribution in [-0.2, 0) is 0 Å². The number of ether oxygens (including phenoxy) is 1. The maximum atomic E-state index is 12.4. The SMILES string of the molecule is CC1(C)Oc2cc(Nc3ncc(-c4nnco4)c(N[C@H](CO)c4ccccc4)n3)ncc2C1=O. The second-order valence-electron chi connectivity index (χ2n) is 8.12. The number of nitrogens with one attached hydrogen (secondary N) is 2. The molecule has 0 spiro atoms. The number of ketones is 1. The number of fused-ring (bicyclic) bond motifs is 1. The lowest BCUT2D eigenvalue weighted by molar-refractivity contribution is 0.0684. The van der Waals surface area contributed by atoms with Gasteiger partial charge in [0, 0.05) is 18.5 Å². The van der Waals surface area contributed by atoms with Crippen LogP contribution in [0.25, 0.3) is 11.5 Å². The topological polar surface area (TPSA) is 148 Å². The first-order chi connectivity index (χ1) is 16.4. The zero-order valence-corrected chi connectivity index (χ0v) is 18.4. The summed E-state index contributed by atoms with van der Waals surface area (Å²) in [6.07, 6.45) is 4.21. The van der Waals surface area contributed by atoms with E-state index in [2.05, 4.69) is 35.8 Å². The average Bonchev–Trinajstić information content (AvgIpc) is 3.44. The number of hydrogen-bond donors (Lipinski definition) is 3. The van der Waals surface area contributed by atoms with Gasteiger partial charge in [-0.1, -0.05) is 30.3 Å². The van der Waals surface area contributed by atoms with Crippen LogP contribution in [0.4, 0.5) is 17.6 Å². The van der Waals surface area contributed by atoms with E-state index in [1.807, 2.05) is 30.3 Å². The van der Waals surface area contributed by atoms with Gasteiger partial charge in [-0.25, -0.2) is 9.97 Å². The Morgan fingerprint density at radius 2 is 1.91 bits per heavy atom. The Hall–Kier alpha value is -4.38. The van der Waals surface area contributed by atoms with Gasteiger partial charge in [-0.3, -0.25) is 4.79 Å². The normalized spacial score (nSPS) is 14.9.